The highest BCUT2D eigenvalue weighted by atomic mass is 15.2. The van der Waals surface area contributed by atoms with Crippen molar-refractivity contribution >= 4 is 0 Å². The molecule has 1 fully saturated rings. The fraction of sp³-hybridized carbons (Fsp3) is 0.818. The molecule has 0 saturated carbocycles. The van der Waals surface area contributed by atoms with Gasteiger partial charge in [-0.05, 0) is 32.7 Å². The first-order valence-corrected chi connectivity index (χ1v) is 5.41. The SMILES string of the molecule is CC1(CN2CC=CCC2)CCCN1. The van der Waals surface area contributed by atoms with Gasteiger partial charge in [0.15, 0.2) is 0 Å². The van der Waals surface area contributed by atoms with Gasteiger partial charge in [-0.2, -0.15) is 0 Å². The summed E-state index contributed by atoms with van der Waals surface area (Å²) in [5.41, 5.74) is 0.394. The highest BCUT2D eigenvalue weighted by Crippen LogP contribution is 2.20. The lowest BCUT2D eigenvalue weighted by Crippen LogP contribution is -2.48. The van der Waals surface area contributed by atoms with Gasteiger partial charge in [0, 0.05) is 25.2 Å². The van der Waals surface area contributed by atoms with Crippen molar-refractivity contribution in [3.63, 3.8) is 0 Å². The maximum atomic E-state index is 3.61. The summed E-state index contributed by atoms with van der Waals surface area (Å²) in [5.74, 6) is 0. The lowest BCUT2D eigenvalue weighted by Gasteiger charge is -2.33. The van der Waals surface area contributed by atoms with E-state index in [-0.39, 0.29) is 0 Å². The maximum Gasteiger partial charge on any atom is 0.0281 e. The predicted octanol–water partition coefficient (Wildman–Crippen LogP) is 1.39. The lowest BCUT2D eigenvalue weighted by molar-refractivity contribution is 0.218. The Hall–Kier alpha value is -0.340. The second-order valence-corrected chi connectivity index (χ2v) is 4.59. The zero-order valence-electron chi connectivity index (χ0n) is 8.55. The first-order valence-electron chi connectivity index (χ1n) is 5.41. The molecule has 2 heteroatoms. The molecular formula is C11H20N2. The molecule has 74 valence electrons. The topological polar surface area (TPSA) is 15.3 Å². The van der Waals surface area contributed by atoms with E-state index in [0.29, 0.717) is 5.54 Å². The van der Waals surface area contributed by atoms with Gasteiger partial charge in [-0.3, -0.25) is 4.90 Å². The standard InChI is InChI=1S/C11H20N2/c1-11(6-5-7-12-11)10-13-8-3-2-4-9-13/h2-3,12H,4-10H2,1H3. The zero-order chi connectivity index (χ0) is 9.15. The molecule has 13 heavy (non-hydrogen) atoms. The zero-order valence-corrected chi connectivity index (χ0v) is 8.55. The van der Waals surface area contributed by atoms with E-state index in [1.165, 1.54) is 38.9 Å². The molecular weight excluding hydrogens is 160 g/mol. The van der Waals surface area contributed by atoms with Gasteiger partial charge in [0.1, 0.15) is 0 Å². The summed E-state index contributed by atoms with van der Waals surface area (Å²) in [5, 5.41) is 3.61. The van der Waals surface area contributed by atoms with Crippen LogP contribution in [0.1, 0.15) is 26.2 Å². The van der Waals surface area contributed by atoms with Gasteiger partial charge in [0.05, 0.1) is 0 Å². The summed E-state index contributed by atoms with van der Waals surface area (Å²) in [6.07, 6.45) is 8.51. The van der Waals surface area contributed by atoms with E-state index < -0.39 is 0 Å². The smallest absolute Gasteiger partial charge is 0.0281 e. The third-order valence-electron chi connectivity index (χ3n) is 3.17. The Bertz CT molecular complexity index is 192. The first kappa shape index (κ1) is 9.22. The van der Waals surface area contributed by atoms with Gasteiger partial charge < -0.3 is 5.32 Å². The molecule has 1 N–H and O–H groups in total. The molecule has 1 unspecified atom stereocenters. The van der Waals surface area contributed by atoms with Crippen molar-refractivity contribution in [2.24, 2.45) is 0 Å². The number of nitrogens with zero attached hydrogens (tertiary/aromatic N) is 1. The van der Waals surface area contributed by atoms with Gasteiger partial charge in [0.2, 0.25) is 0 Å². The number of nitrogens with one attached hydrogen (secondary N) is 1. The van der Waals surface area contributed by atoms with Crippen molar-refractivity contribution in [1.29, 1.82) is 0 Å². The Balaban J connectivity index is 1.85. The van der Waals surface area contributed by atoms with Crippen LogP contribution in [-0.2, 0) is 0 Å². The van der Waals surface area contributed by atoms with Crippen LogP contribution in [0.25, 0.3) is 0 Å². The fourth-order valence-electron chi connectivity index (χ4n) is 2.42. The number of hydrogen-bond acceptors (Lipinski definition) is 2. The Morgan fingerprint density at radius 2 is 2.38 bits per heavy atom. The molecule has 0 bridgehead atoms. The molecule has 0 aliphatic carbocycles. The molecule has 0 aromatic heterocycles. The van der Waals surface area contributed by atoms with E-state index in [1.54, 1.807) is 0 Å². The van der Waals surface area contributed by atoms with Crippen LogP contribution >= 0.6 is 0 Å². The predicted molar refractivity (Wildman–Crippen MR) is 55.8 cm³/mol. The van der Waals surface area contributed by atoms with Crippen molar-refractivity contribution in [2.45, 2.75) is 31.7 Å². The highest BCUT2D eigenvalue weighted by Gasteiger charge is 2.29. The van der Waals surface area contributed by atoms with Crippen LogP contribution < -0.4 is 5.32 Å². The Labute approximate surface area is 81.0 Å². The maximum absolute atomic E-state index is 3.61. The van der Waals surface area contributed by atoms with E-state index in [9.17, 15) is 0 Å². The van der Waals surface area contributed by atoms with Crippen LogP contribution in [0.4, 0.5) is 0 Å². The molecule has 2 rings (SSSR count). The summed E-state index contributed by atoms with van der Waals surface area (Å²) < 4.78 is 0. The van der Waals surface area contributed by atoms with Crippen LogP contribution in [-0.4, -0.2) is 36.6 Å². The van der Waals surface area contributed by atoms with E-state index in [1.807, 2.05) is 0 Å². The molecule has 1 saturated heterocycles. The summed E-state index contributed by atoms with van der Waals surface area (Å²) in [7, 11) is 0. The van der Waals surface area contributed by atoms with Gasteiger partial charge >= 0.3 is 0 Å². The van der Waals surface area contributed by atoms with Crippen LogP contribution in [0, 0.1) is 0 Å². The van der Waals surface area contributed by atoms with Crippen molar-refractivity contribution < 1.29 is 0 Å². The van der Waals surface area contributed by atoms with Gasteiger partial charge in [0.25, 0.3) is 0 Å². The molecule has 0 amide bonds. The average molecular weight is 180 g/mol. The number of hydrogen-bond donors (Lipinski definition) is 1. The minimum absolute atomic E-state index is 0.394. The summed E-state index contributed by atoms with van der Waals surface area (Å²) in [6, 6.07) is 0. The summed E-state index contributed by atoms with van der Waals surface area (Å²) >= 11 is 0. The summed E-state index contributed by atoms with van der Waals surface area (Å²) in [4.78, 5) is 2.55. The van der Waals surface area contributed by atoms with E-state index in [0.717, 1.165) is 6.54 Å². The molecule has 2 aliphatic rings. The first-order chi connectivity index (χ1) is 6.29. The van der Waals surface area contributed by atoms with Crippen LogP contribution in [0.2, 0.25) is 0 Å². The normalized spacial score (nSPS) is 35.5. The quantitative estimate of drug-likeness (QED) is 0.646. The molecule has 0 radical (unpaired) electrons. The van der Waals surface area contributed by atoms with Crippen LogP contribution in [0.15, 0.2) is 12.2 Å². The van der Waals surface area contributed by atoms with Crippen molar-refractivity contribution in [3.8, 4) is 0 Å². The van der Waals surface area contributed by atoms with E-state index in [2.05, 4.69) is 29.3 Å². The van der Waals surface area contributed by atoms with Gasteiger partial charge in [-0.1, -0.05) is 12.2 Å². The minimum atomic E-state index is 0.394. The molecule has 0 aromatic rings. The largest absolute Gasteiger partial charge is 0.310 e. The Kier molecular flexibility index (Phi) is 2.70. The monoisotopic (exact) mass is 180 g/mol. The van der Waals surface area contributed by atoms with E-state index >= 15 is 0 Å². The average Bonchev–Trinajstić information content (AvgIpc) is 2.54. The number of rotatable bonds is 2. The molecule has 2 heterocycles. The second-order valence-electron chi connectivity index (χ2n) is 4.59. The van der Waals surface area contributed by atoms with Crippen LogP contribution in [0.5, 0.6) is 0 Å². The highest BCUT2D eigenvalue weighted by molar-refractivity contribution is 4.96. The Morgan fingerprint density at radius 1 is 1.46 bits per heavy atom. The second kappa shape index (κ2) is 3.81. The molecule has 0 aromatic carbocycles. The van der Waals surface area contributed by atoms with Gasteiger partial charge in [-0.25, -0.2) is 0 Å². The van der Waals surface area contributed by atoms with Crippen molar-refractivity contribution in [2.75, 3.05) is 26.2 Å². The third kappa shape index (κ3) is 2.32. The third-order valence-corrected chi connectivity index (χ3v) is 3.17. The molecule has 2 aliphatic heterocycles. The molecule has 1 atom stereocenters. The van der Waals surface area contributed by atoms with Crippen LogP contribution in [0.3, 0.4) is 0 Å². The Morgan fingerprint density at radius 3 is 3.00 bits per heavy atom. The lowest BCUT2D eigenvalue weighted by atomic mass is 9.99. The molecule has 0 spiro atoms. The minimum Gasteiger partial charge on any atom is -0.310 e. The van der Waals surface area contributed by atoms with E-state index in [4.69, 9.17) is 0 Å². The van der Waals surface area contributed by atoms with Gasteiger partial charge in [-0.15, -0.1) is 0 Å². The summed E-state index contributed by atoms with van der Waals surface area (Å²) in [6.45, 7) is 7.18. The fourth-order valence-corrected chi connectivity index (χ4v) is 2.42. The van der Waals surface area contributed by atoms with Crippen molar-refractivity contribution in [3.05, 3.63) is 12.2 Å². The molecule has 2 nitrogen and oxygen atoms in total. The van der Waals surface area contributed by atoms with Crippen molar-refractivity contribution in [1.82, 2.24) is 10.2 Å².